The minimum absolute atomic E-state index is 0.892. The summed E-state index contributed by atoms with van der Waals surface area (Å²) >= 11 is 0. The molecule has 2 nitrogen and oxygen atoms in total. The largest absolute Gasteiger partial charge is 0.315 e. The van der Waals surface area contributed by atoms with E-state index in [1.807, 2.05) is 0 Å². The zero-order valence-corrected chi connectivity index (χ0v) is 7.77. The van der Waals surface area contributed by atoms with Crippen LogP contribution in [0.1, 0.15) is 19.8 Å². The summed E-state index contributed by atoms with van der Waals surface area (Å²) in [6.07, 6.45) is 2.70. The van der Waals surface area contributed by atoms with E-state index < -0.39 is 0 Å². The van der Waals surface area contributed by atoms with Crippen molar-refractivity contribution in [1.82, 2.24) is 10.2 Å². The lowest BCUT2D eigenvalue weighted by Crippen LogP contribution is -2.28. The molecule has 0 spiro atoms. The molecule has 1 aliphatic heterocycles. The molecule has 1 rings (SSSR count). The predicted octanol–water partition coefficient (Wildman–Crippen LogP) is 0.938. The maximum Gasteiger partial charge on any atom is 0.0104 e. The molecular weight excluding hydrogens is 136 g/mol. The van der Waals surface area contributed by atoms with E-state index in [1.165, 1.54) is 32.5 Å². The first-order valence-corrected chi connectivity index (χ1v) is 4.68. The summed E-state index contributed by atoms with van der Waals surface area (Å²) in [7, 11) is 2.21. The molecule has 1 fully saturated rings. The Hall–Kier alpha value is -0.0800. The maximum absolute atomic E-state index is 3.45. The molecule has 0 saturated carbocycles. The van der Waals surface area contributed by atoms with E-state index in [9.17, 15) is 0 Å². The van der Waals surface area contributed by atoms with Gasteiger partial charge in [0.25, 0.3) is 0 Å². The quantitative estimate of drug-likeness (QED) is 0.561. The highest BCUT2D eigenvalue weighted by Gasteiger charge is 2.06. The van der Waals surface area contributed by atoms with Crippen LogP contribution in [-0.2, 0) is 0 Å². The fourth-order valence-corrected chi connectivity index (χ4v) is 1.44. The molecule has 1 aliphatic rings. The molecule has 1 N–H and O–H groups in total. The smallest absolute Gasteiger partial charge is 0.0104 e. The summed E-state index contributed by atoms with van der Waals surface area (Å²) in [6.45, 7) is 7.18. The lowest BCUT2D eigenvalue weighted by Gasteiger charge is -2.15. The molecule has 0 aromatic heterocycles. The van der Waals surface area contributed by atoms with Gasteiger partial charge in [0, 0.05) is 13.1 Å². The van der Waals surface area contributed by atoms with E-state index >= 15 is 0 Å². The van der Waals surface area contributed by atoms with Crippen LogP contribution in [0.4, 0.5) is 0 Å². The SMILES string of the molecule is CC1CCNCCN(C)CC1. The van der Waals surface area contributed by atoms with Crippen LogP contribution in [0.25, 0.3) is 0 Å². The molecule has 1 saturated heterocycles. The van der Waals surface area contributed by atoms with Gasteiger partial charge in [-0.2, -0.15) is 0 Å². The summed E-state index contributed by atoms with van der Waals surface area (Å²) in [5.41, 5.74) is 0. The average molecular weight is 156 g/mol. The summed E-state index contributed by atoms with van der Waals surface area (Å²) in [5, 5.41) is 3.45. The molecule has 1 unspecified atom stereocenters. The molecule has 0 radical (unpaired) electrons. The van der Waals surface area contributed by atoms with Crippen LogP contribution in [0.2, 0.25) is 0 Å². The van der Waals surface area contributed by atoms with Gasteiger partial charge in [0.1, 0.15) is 0 Å². The van der Waals surface area contributed by atoms with Gasteiger partial charge in [0.15, 0.2) is 0 Å². The van der Waals surface area contributed by atoms with Crippen LogP contribution >= 0.6 is 0 Å². The minimum atomic E-state index is 0.892. The Balaban J connectivity index is 2.25. The van der Waals surface area contributed by atoms with Gasteiger partial charge in [-0.05, 0) is 38.9 Å². The van der Waals surface area contributed by atoms with Gasteiger partial charge in [-0.15, -0.1) is 0 Å². The zero-order valence-electron chi connectivity index (χ0n) is 7.77. The molecule has 1 heterocycles. The van der Waals surface area contributed by atoms with Gasteiger partial charge in [-0.25, -0.2) is 0 Å². The Morgan fingerprint density at radius 3 is 2.82 bits per heavy atom. The molecule has 1 atom stereocenters. The lowest BCUT2D eigenvalue weighted by molar-refractivity contribution is 0.317. The van der Waals surface area contributed by atoms with Crippen molar-refractivity contribution in [3.05, 3.63) is 0 Å². The summed E-state index contributed by atoms with van der Waals surface area (Å²) in [6, 6.07) is 0. The Labute approximate surface area is 70.0 Å². The second-order valence-electron chi connectivity index (χ2n) is 3.74. The van der Waals surface area contributed by atoms with Crippen LogP contribution in [0.15, 0.2) is 0 Å². The first-order valence-electron chi connectivity index (χ1n) is 4.68. The number of likely N-dealkylation sites (N-methyl/N-ethyl adjacent to an activating group) is 1. The van der Waals surface area contributed by atoms with Crippen LogP contribution in [0.3, 0.4) is 0 Å². The van der Waals surface area contributed by atoms with Crippen molar-refractivity contribution in [3.8, 4) is 0 Å². The fourth-order valence-electron chi connectivity index (χ4n) is 1.44. The molecule has 0 aromatic rings. The van der Waals surface area contributed by atoms with Crippen molar-refractivity contribution in [2.45, 2.75) is 19.8 Å². The molecule has 0 aromatic carbocycles. The van der Waals surface area contributed by atoms with Crippen molar-refractivity contribution in [3.63, 3.8) is 0 Å². The van der Waals surface area contributed by atoms with Gasteiger partial charge < -0.3 is 10.2 Å². The van der Waals surface area contributed by atoms with Crippen LogP contribution in [0, 0.1) is 5.92 Å². The molecule has 0 bridgehead atoms. The molecule has 0 aliphatic carbocycles. The Morgan fingerprint density at radius 2 is 2.00 bits per heavy atom. The van der Waals surface area contributed by atoms with Gasteiger partial charge >= 0.3 is 0 Å². The zero-order chi connectivity index (χ0) is 8.10. The molecule has 0 amide bonds. The van der Waals surface area contributed by atoms with E-state index in [0.29, 0.717) is 0 Å². The Kier molecular flexibility index (Phi) is 3.87. The van der Waals surface area contributed by atoms with E-state index in [1.54, 1.807) is 0 Å². The topological polar surface area (TPSA) is 15.3 Å². The Morgan fingerprint density at radius 1 is 1.18 bits per heavy atom. The second-order valence-corrected chi connectivity index (χ2v) is 3.74. The second kappa shape index (κ2) is 4.73. The molecular formula is C9H20N2. The highest BCUT2D eigenvalue weighted by Crippen LogP contribution is 2.07. The normalized spacial score (nSPS) is 30.5. The number of hydrogen-bond donors (Lipinski definition) is 1. The van der Waals surface area contributed by atoms with Crippen molar-refractivity contribution in [1.29, 1.82) is 0 Å². The number of hydrogen-bond acceptors (Lipinski definition) is 2. The first-order chi connectivity index (χ1) is 5.29. The molecule has 66 valence electrons. The van der Waals surface area contributed by atoms with Gasteiger partial charge in [-0.1, -0.05) is 6.92 Å². The number of nitrogens with one attached hydrogen (secondary N) is 1. The van der Waals surface area contributed by atoms with E-state index in [2.05, 4.69) is 24.2 Å². The van der Waals surface area contributed by atoms with Gasteiger partial charge in [0.2, 0.25) is 0 Å². The minimum Gasteiger partial charge on any atom is -0.315 e. The van der Waals surface area contributed by atoms with Crippen LogP contribution in [-0.4, -0.2) is 38.1 Å². The number of rotatable bonds is 0. The van der Waals surface area contributed by atoms with Gasteiger partial charge in [0.05, 0.1) is 0 Å². The van der Waals surface area contributed by atoms with E-state index in [0.717, 1.165) is 12.5 Å². The van der Waals surface area contributed by atoms with Crippen LogP contribution in [0.5, 0.6) is 0 Å². The molecule has 11 heavy (non-hydrogen) atoms. The standard InChI is InChI=1S/C9H20N2/c1-9-3-5-10-6-8-11(2)7-4-9/h9-10H,3-8H2,1-2H3. The highest BCUT2D eigenvalue weighted by molar-refractivity contribution is 4.63. The monoisotopic (exact) mass is 156 g/mol. The first kappa shape index (κ1) is 9.01. The van der Waals surface area contributed by atoms with Crippen molar-refractivity contribution < 1.29 is 0 Å². The van der Waals surface area contributed by atoms with Gasteiger partial charge in [-0.3, -0.25) is 0 Å². The fraction of sp³-hybridized carbons (Fsp3) is 1.00. The number of nitrogens with zero attached hydrogens (tertiary/aromatic N) is 1. The highest BCUT2D eigenvalue weighted by atomic mass is 15.1. The summed E-state index contributed by atoms with van der Waals surface area (Å²) < 4.78 is 0. The third-order valence-corrected chi connectivity index (χ3v) is 2.49. The summed E-state index contributed by atoms with van der Waals surface area (Å²) in [4.78, 5) is 2.41. The van der Waals surface area contributed by atoms with Crippen molar-refractivity contribution in [2.24, 2.45) is 5.92 Å². The predicted molar refractivity (Wildman–Crippen MR) is 48.8 cm³/mol. The Bertz CT molecular complexity index is 91.7. The van der Waals surface area contributed by atoms with E-state index in [4.69, 9.17) is 0 Å². The average Bonchev–Trinajstić information content (AvgIpc) is 2.06. The maximum atomic E-state index is 3.45. The lowest BCUT2D eigenvalue weighted by atomic mass is 10.0. The summed E-state index contributed by atoms with van der Waals surface area (Å²) in [5.74, 6) is 0.892. The molecule has 2 heteroatoms. The van der Waals surface area contributed by atoms with E-state index in [-0.39, 0.29) is 0 Å². The third kappa shape index (κ3) is 3.73. The van der Waals surface area contributed by atoms with Crippen molar-refractivity contribution in [2.75, 3.05) is 33.2 Å². The van der Waals surface area contributed by atoms with Crippen molar-refractivity contribution >= 4 is 0 Å². The van der Waals surface area contributed by atoms with Crippen LogP contribution < -0.4 is 5.32 Å². The third-order valence-electron chi connectivity index (χ3n) is 2.49.